The Morgan fingerprint density at radius 1 is 0.787 bits per heavy atom. The molecule has 47 heavy (non-hydrogen) atoms. The van der Waals surface area contributed by atoms with Gasteiger partial charge >= 0.3 is 12.1 Å². The van der Waals surface area contributed by atoms with Crippen molar-refractivity contribution in [1.29, 1.82) is 0 Å². The fourth-order valence-electron chi connectivity index (χ4n) is 5.27. The van der Waals surface area contributed by atoms with Gasteiger partial charge in [-0.25, -0.2) is 9.59 Å². The molecule has 0 heterocycles. The quantitative estimate of drug-likeness (QED) is 0.226. The second kappa shape index (κ2) is 16.8. The number of hydrogen-bond acceptors (Lipinski definition) is 6. The lowest BCUT2D eigenvalue weighted by molar-refractivity contribution is -0.159. The monoisotopic (exact) mass is 651 g/mol. The van der Waals surface area contributed by atoms with Gasteiger partial charge in [0.15, 0.2) is 0 Å². The van der Waals surface area contributed by atoms with Gasteiger partial charge in [-0.15, -0.1) is 0 Å². The van der Waals surface area contributed by atoms with Gasteiger partial charge in [0, 0.05) is 12.5 Å². The molecular weight excluding hydrogens is 594 g/mol. The van der Waals surface area contributed by atoms with Crippen LogP contribution >= 0.6 is 0 Å². The molecule has 0 aliphatic carbocycles. The Kier molecular flexibility index (Phi) is 14.0. The Morgan fingerprint density at radius 2 is 1.38 bits per heavy atom. The third-order valence-corrected chi connectivity index (χ3v) is 7.77. The molecule has 0 fully saturated rings. The average molecular weight is 652 g/mol. The number of amides is 3. The van der Waals surface area contributed by atoms with Gasteiger partial charge in [-0.1, -0.05) is 69.3 Å². The van der Waals surface area contributed by atoms with E-state index in [1.165, 1.54) is 0 Å². The minimum absolute atomic E-state index is 0.0491. The van der Waals surface area contributed by atoms with Crippen molar-refractivity contribution in [2.45, 2.75) is 138 Å². The molecule has 0 spiro atoms. The molecule has 2 rings (SSSR count). The smallest absolute Gasteiger partial charge is 0.408 e. The normalized spacial score (nSPS) is 14.4. The van der Waals surface area contributed by atoms with Crippen LogP contribution in [-0.4, -0.2) is 58.1 Å². The Hall–Kier alpha value is -3.88. The summed E-state index contributed by atoms with van der Waals surface area (Å²) < 4.78 is 11.3. The summed E-state index contributed by atoms with van der Waals surface area (Å²) in [4.78, 5) is 57.4. The van der Waals surface area contributed by atoms with Crippen molar-refractivity contribution < 1.29 is 28.7 Å². The maximum Gasteiger partial charge on any atom is 0.408 e. The molecule has 0 aliphatic heterocycles. The molecule has 2 aromatic carbocycles. The number of benzene rings is 2. The van der Waals surface area contributed by atoms with Crippen LogP contribution in [0.3, 0.4) is 0 Å². The van der Waals surface area contributed by atoms with E-state index in [9.17, 15) is 19.2 Å². The third-order valence-electron chi connectivity index (χ3n) is 7.77. The van der Waals surface area contributed by atoms with E-state index >= 15 is 0 Å². The summed E-state index contributed by atoms with van der Waals surface area (Å²) in [5.41, 5.74) is 1.75. The molecule has 0 saturated heterocycles. The summed E-state index contributed by atoms with van der Waals surface area (Å²) in [6.45, 7) is 22.3. The number of carbonyl (C=O) groups excluding carboxylic acids is 4. The van der Waals surface area contributed by atoms with Crippen LogP contribution in [0, 0.1) is 19.8 Å². The van der Waals surface area contributed by atoms with Crippen molar-refractivity contribution >= 4 is 23.9 Å². The van der Waals surface area contributed by atoms with Crippen LogP contribution in [0.5, 0.6) is 0 Å². The van der Waals surface area contributed by atoms with Gasteiger partial charge in [0.05, 0.1) is 0 Å². The van der Waals surface area contributed by atoms with Gasteiger partial charge < -0.3 is 25.0 Å². The maximum atomic E-state index is 14.7. The van der Waals surface area contributed by atoms with E-state index in [1.54, 1.807) is 46.4 Å². The summed E-state index contributed by atoms with van der Waals surface area (Å²) in [7, 11) is 0. The second-order valence-electron chi connectivity index (χ2n) is 14.8. The molecule has 9 nitrogen and oxygen atoms in total. The third kappa shape index (κ3) is 12.3. The van der Waals surface area contributed by atoms with Crippen molar-refractivity contribution in [3.8, 4) is 0 Å². The lowest BCUT2D eigenvalue weighted by Crippen LogP contribution is -2.57. The van der Waals surface area contributed by atoms with Crippen molar-refractivity contribution in [3.63, 3.8) is 0 Å². The predicted molar refractivity (Wildman–Crippen MR) is 186 cm³/mol. The van der Waals surface area contributed by atoms with Crippen LogP contribution in [0.1, 0.15) is 110 Å². The SMILES string of the molecule is CCC(C)N(C(=O)C(CC(C)C)NC(=O)OC(C)(C)C)C(C(=O)NC(Cc1ccccc1)C(=O)OC(C)(C)C)c1cccc(C)c1C. The highest BCUT2D eigenvalue weighted by atomic mass is 16.6. The van der Waals surface area contributed by atoms with Crippen molar-refractivity contribution in [3.05, 3.63) is 70.8 Å². The van der Waals surface area contributed by atoms with Crippen LogP contribution in [0.2, 0.25) is 0 Å². The number of ether oxygens (including phenoxy) is 2. The fraction of sp³-hybridized carbons (Fsp3) is 0.579. The molecule has 4 unspecified atom stereocenters. The standard InChI is InChI=1S/C38H57N3O6/c1-13-26(5)41(34(43)30(22-24(2)3)40-36(45)47-38(10,11)12)32(29-21-17-18-25(4)27(29)6)33(42)39-31(35(44)46-37(7,8)9)23-28-19-15-14-16-20-28/h14-21,24,26,30-32H,13,22-23H2,1-12H3,(H,39,42)(H,40,45). The highest BCUT2D eigenvalue weighted by molar-refractivity contribution is 5.94. The molecule has 4 atom stereocenters. The lowest BCUT2D eigenvalue weighted by Gasteiger charge is -2.39. The zero-order chi connectivity index (χ0) is 35.7. The van der Waals surface area contributed by atoms with E-state index in [0.717, 1.165) is 16.7 Å². The first-order valence-electron chi connectivity index (χ1n) is 16.7. The van der Waals surface area contributed by atoms with Crippen LogP contribution in [0.25, 0.3) is 0 Å². The summed E-state index contributed by atoms with van der Waals surface area (Å²) >= 11 is 0. The Balaban J connectivity index is 2.70. The number of nitrogens with one attached hydrogen (secondary N) is 2. The summed E-state index contributed by atoms with van der Waals surface area (Å²) in [5, 5.41) is 5.77. The van der Waals surface area contributed by atoms with Gasteiger partial charge in [-0.2, -0.15) is 0 Å². The molecule has 2 N–H and O–H groups in total. The highest BCUT2D eigenvalue weighted by Crippen LogP contribution is 2.31. The fourth-order valence-corrected chi connectivity index (χ4v) is 5.27. The first kappa shape index (κ1) is 39.3. The molecule has 260 valence electrons. The minimum atomic E-state index is -1.10. The molecule has 0 aromatic heterocycles. The molecule has 3 amide bonds. The molecule has 0 radical (unpaired) electrons. The van der Waals surface area contributed by atoms with E-state index in [1.807, 2.05) is 90.1 Å². The Labute approximate surface area is 282 Å². The summed E-state index contributed by atoms with van der Waals surface area (Å²) in [6.07, 6.45) is 0.372. The first-order valence-corrected chi connectivity index (χ1v) is 16.7. The van der Waals surface area contributed by atoms with E-state index in [0.29, 0.717) is 18.4 Å². The van der Waals surface area contributed by atoms with Crippen LogP contribution in [0.4, 0.5) is 4.79 Å². The zero-order valence-corrected chi connectivity index (χ0v) is 30.5. The molecule has 0 saturated carbocycles. The van der Waals surface area contributed by atoms with E-state index in [-0.39, 0.29) is 12.3 Å². The van der Waals surface area contributed by atoms with E-state index in [4.69, 9.17) is 9.47 Å². The van der Waals surface area contributed by atoms with E-state index in [2.05, 4.69) is 10.6 Å². The molecule has 2 aromatic rings. The topological polar surface area (TPSA) is 114 Å². The number of aryl methyl sites for hydroxylation is 1. The van der Waals surface area contributed by atoms with Gasteiger partial charge in [0.1, 0.15) is 29.3 Å². The number of rotatable bonds is 13. The maximum absolute atomic E-state index is 14.7. The number of esters is 1. The Bertz CT molecular complexity index is 1360. The molecule has 0 bridgehead atoms. The average Bonchev–Trinajstić information content (AvgIpc) is 2.94. The van der Waals surface area contributed by atoms with E-state index < -0.39 is 59.2 Å². The van der Waals surface area contributed by atoms with Gasteiger partial charge in [0.2, 0.25) is 11.8 Å². The lowest BCUT2D eigenvalue weighted by atomic mass is 9.92. The van der Waals surface area contributed by atoms with Crippen molar-refractivity contribution in [2.24, 2.45) is 5.92 Å². The second-order valence-corrected chi connectivity index (χ2v) is 14.8. The minimum Gasteiger partial charge on any atom is -0.458 e. The van der Waals surface area contributed by atoms with Gasteiger partial charge in [-0.3, -0.25) is 9.59 Å². The van der Waals surface area contributed by atoms with Crippen LogP contribution in [-0.2, 0) is 30.3 Å². The van der Waals surface area contributed by atoms with Gasteiger partial charge in [-0.05, 0) is 103 Å². The first-order chi connectivity index (χ1) is 21.7. The van der Waals surface area contributed by atoms with Crippen molar-refractivity contribution in [1.82, 2.24) is 15.5 Å². The summed E-state index contributed by atoms with van der Waals surface area (Å²) in [5.74, 6) is -1.44. The largest absolute Gasteiger partial charge is 0.458 e. The number of carbonyl (C=O) groups is 4. The number of nitrogens with zero attached hydrogens (tertiary/aromatic N) is 1. The van der Waals surface area contributed by atoms with Crippen LogP contribution < -0.4 is 10.6 Å². The molecular formula is C38H57N3O6. The van der Waals surface area contributed by atoms with Crippen molar-refractivity contribution in [2.75, 3.05) is 0 Å². The number of alkyl carbamates (subject to hydrolysis) is 1. The Morgan fingerprint density at radius 3 is 1.91 bits per heavy atom. The number of hydrogen-bond donors (Lipinski definition) is 2. The highest BCUT2D eigenvalue weighted by Gasteiger charge is 2.41. The molecule has 0 aliphatic rings. The summed E-state index contributed by atoms with van der Waals surface area (Å²) in [6, 6.07) is 11.6. The van der Waals surface area contributed by atoms with Gasteiger partial charge in [0.25, 0.3) is 0 Å². The zero-order valence-electron chi connectivity index (χ0n) is 30.5. The predicted octanol–water partition coefficient (Wildman–Crippen LogP) is 6.98. The van der Waals surface area contributed by atoms with Crippen LogP contribution in [0.15, 0.2) is 48.5 Å². The molecule has 9 heteroatoms.